The Morgan fingerprint density at radius 1 is 1.12 bits per heavy atom. The van der Waals surface area contributed by atoms with Gasteiger partial charge in [0.2, 0.25) is 0 Å². The molecule has 40 heavy (non-hydrogen) atoms. The lowest BCUT2D eigenvalue weighted by Crippen LogP contribution is -2.53. The number of carbonyl (C=O) groups excluding carboxylic acids is 3. The summed E-state index contributed by atoms with van der Waals surface area (Å²) in [4.78, 5) is 37.0. The lowest BCUT2D eigenvalue weighted by Gasteiger charge is -2.45. The van der Waals surface area contributed by atoms with Crippen molar-refractivity contribution < 1.29 is 32.7 Å². The molecule has 1 heterocycles. The normalized spacial score (nSPS) is 28.6. The van der Waals surface area contributed by atoms with Crippen molar-refractivity contribution in [3.63, 3.8) is 0 Å². The SMILES string of the molecule is CC[Si](CC)(CC)O[C@]1(C)CC[C@@H](O[Si](C)(C)C(C)(C)C)CC(=O)O[C@H](/C(C)=C/C=O)[C@@H](C)/C=C/[C@@H]1OC(C)=O. The fraction of sp³-hybridized carbons (Fsp3) is 0.774. The van der Waals surface area contributed by atoms with Crippen molar-refractivity contribution in [3.05, 3.63) is 23.8 Å². The Morgan fingerprint density at radius 2 is 1.70 bits per heavy atom. The summed E-state index contributed by atoms with van der Waals surface area (Å²) in [5.41, 5.74) is -0.158. The third-order valence-electron chi connectivity index (χ3n) is 9.01. The zero-order valence-electron chi connectivity index (χ0n) is 27.2. The van der Waals surface area contributed by atoms with Gasteiger partial charge < -0.3 is 18.3 Å². The van der Waals surface area contributed by atoms with E-state index < -0.39 is 34.4 Å². The van der Waals surface area contributed by atoms with Crippen LogP contribution in [0.25, 0.3) is 0 Å². The molecule has 0 saturated heterocycles. The molecule has 5 atom stereocenters. The van der Waals surface area contributed by atoms with Gasteiger partial charge in [0.15, 0.2) is 16.6 Å². The first kappa shape index (κ1) is 36.5. The minimum absolute atomic E-state index is 0.0432. The molecule has 0 fully saturated rings. The Labute approximate surface area is 245 Å². The van der Waals surface area contributed by atoms with Crippen LogP contribution in [0.1, 0.15) is 88.5 Å². The molecule has 9 heteroatoms. The van der Waals surface area contributed by atoms with E-state index in [0.717, 1.165) is 18.1 Å². The Morgan fingerprint density at radius 3 is 2.17 bits per heavy atom. The number of cyclic esters (lactones) is 1. The molecule has 0 aromatic rings. The molecule has 0 aromatic heterocycles. The molecule has 0 saturated carbocycles. The Hall–Kier alpha value is -1.56. The van der Waals surface area contributed by atoms with Crippen molar-refractivity contribution in [2.24, 2.45) is 5.92 Å². The van der Waals surface area contributed by atoms with Gasteiger partial charge in [-0.2, -0.15) is 0 Å². The fourth-order valence-electron chi connectivity index (χ4n) is 5.07. The van der Waals surface area contributed by atoms with Gasteiger partial charge in [-0.05, 0) is 80.7 Å². The number of hydrogen-bond acceptors (Lipinski definition) is 7. The van der Waals surface area contributed by atoms with Crippen LogP contribution in [0, 0.1) is 5.92 Å². The highest BCUT2D eigenvalue weighted by Gasteiger charge is 2.46. The summed E-state index contributed by atoms with van der Waals surface area (Å²) in [6, 6.07) is 2.86. The summed E-state index contributed by atoms with van der Waals surface area (Å²) < 4.78 is 25.9. The van der Waals surface area contributed by atoms with Crippen molar-refractivity contribution in [2.45, 2.75) is 149 Å². The fourth-order valence-corrected chi connectivity index (χ4v) is 9.60. The third kappa shape index (κ3) is 10.1. The van der Waals surface area contributed by atoms with Crippen molar-refractivity contribution in [3.8, 4) is 0 Å². The topological polar surface area (TPSA) is 88.1 Å². The van der Waals surface area contributed by atoms with Gasteiger partial charge in [0.25, 0.3) is 0 Å². The highest BCUT2D eigenvalue weighted by molar-refractivity contribution is 6.74. The van der Waals surface area contributed by atoms with Crippen molar-refractivity contribution in [1.29, 1.82) is 0 Å². The molecular weight excluding hydrogens is 541 g/mol. The van der Waals surface area contributed by atoms with E-state index in [1.54, 1.807) is 6.92 Å². The van der Waals surface area contributed by atoms with Crippen molar-refractivity contribution in [2.75, 3.05) is 0 Å². The van der Waals surface area contributed by atoms with Gasteiger partial charge in [-0.25, -0.2) is 0 Å². The molecule has 0 spiro atoms. The van der Waals surface area contributed by atoms with Crippen LogP contribution < -0.4 is 0 Å². The van der Waals surface area contributed by atoms with E-state index in [2.05, 4.69) is 54.6 Å². The second kappa shape index (κ2) is 15.1. The zero-order valence-corrected chi connectivity index (χ0v) is 29.2. The molecule has 0 amide bonds. The number of rotatable bonds is 10. The lowest BCUT2D eigenvalue weighted by molar-refractivity contribution is -0.155. The van der Waals surface area contributed by atoms with Gasteiger partial charge in [0.1, 0.15) is 18.5 Å². The molecular formula is C31H56O7Si2. The van der Waals surface area contributed by atoms with E-state index in [9.17, 15) is 14.4 Å². The van der Waals surface area contributed by atoms with Gasteiger partial charge in [0, 0.05) is 12.8 Å². The second-order valence-corrected chi connectivity index (χ2v) is 22.6. The summed E-state index contributed by atoms with van der Waals surface area (Å²) in [6.45, 7) is 24.6. The number of hydrogen-bond donors (Lipinski definition) is 0. The van der Waals surface area contributed by atoms with E-state index in [0.29, 0.717) is 24.7 Å². The number of carbonyl (C=O) groups is 3. The van der Waals surface area contributed by atoms with Crippen molar-refractivity contribution in [1.82, 2.24) is 0 Å². The maximum Gasteiger partial charge on any atom is 0.308 e. The highest BCUT2D eigenvalue weighted by Crippen LogP contribution is 2.40. The molecule has 1 rings (SSSR count). The first-order chi connectivity index (χ1) is 18.4. The number of aldehydes is 1. The summed E-state index contributed by atoms with van der Waals surface area (Å²) in [6.07, 6.45) is 5.47. The average molecular weight is 597 g/mol. The van der Waals surface area contributed by atoms with Gasteiger partial charge >= 0.3 is 11.9 Å². The predicted octanol–water partition coefficient (Wildman–Crippen LogP) is 7.52. The van der Waals surface area contributed by atoms with Crippen LogP contribution in [-0.2, 0) is 32.7 Å². The Balaban J connectivity index is 3.76. The maximum atomic E-state index is 13.3. The zero-order chi connectivity index (χ0) is 30.9. The molecule has 0 bridgehead atoms. The summed E-state index contributed by atoms with van der Waals surface area (Å²) in [7, 11) is -4.36. The Kier molecular flexibility index (Phi) is 13.7. The quantitative estimate of drug-likeness (QED) is 0.0847. The Bertz CT molecular complexity index is 909. The molecule has 0 aliphatic carbocycles. The van der Waals surface area contributed by atoms with Gasteiger partial charge in [-0.3, -0.25) is 14.4 Å². The minimum atomic E-state index is -2.23. The van der Waals surface area contributed by atoms with Crippen molar-refractivity contribution >= 4 is 34.9 Å². The van der Waals surface area contributed by atoms with Crippen LogP contribution in [0.15, 0.2) is 23.8 Å². The molecule has 1 aliphatic rings. The second-order valence-electron chi connectivity index (χ2n) is 13.1. The summed E-state index contributed by atoms with van der Waals surface area (Å²) in [5, 5.41) is -0.0432. The number of esters is 2. The van der Waals surface area contributed by atoms with E-state index in [4.69, 9.17) is 18.3 Å². The van der Waals surface area contributed by atoms with Gasteiger partial charge in [-0.1, -0.05) is 54.5 Å². The highest BCUT2D eigenvalue weighted by atomic mass is 28.4. The molecule has 7 nitrogen and oxygen atoms in total. The van der Waals surface area contributed by atoms with E-state index >= 15 is 0 Å². The van der Waals surface area contributed by atoms with E-state index in [-0.39, 0.29) is 35.4 Å². The molecule has 0 aromatic carbocycles. The molecule has 230 valence electrons. The van der Waals surface area contributed by atoms with Crippen LogP contribution in [0.2, 0.25) is 36.3 Å². The van der Waals surface area contributed by atoms with Crippen LogP contribution in [-0.4, -0.2) is 58.8 Å². The molecule has 1 aliphatic heterocycles. The largest absolute Gasteiger partial charge is 0.457 e. The maximum absolute atomic E-state index is 13.3. The lowest BCUT2D eigenvalue weighted by atomic mass is 9.88. The molecule has 0 N–H and O–H groups in total. The predicted molar refractivity (Wildman–Crippen MR) is 166 cm³/mol. The summed E-state index contributed by atoms with van der Waals surface area (Å²) in [5.74, 6) is -1.01. The van der Waals surface area contributed by atoms with E-state index in [1.165, 1.54) is 13.0 Å². The van der Waals surface area contributed by atoms with Gasteiger partial charge in [-0.15, -0.1) is 0 Å². The average Bonchev–Trinajstić information content (AvgIpc) is 2.85. The standard InChI is InChI=1S/C31H56O7Si2/c1-13-40(14-2,15-3)38-31(10)20-18-26(37-39(11,12)30(7,8)9)22-28(34)36-29(24(5)19-21-32)23(4)16-17-27(31)35-25(6)33/h16-17,19,21,23,26-27,29H,13-15,18,20,22H2,1-12H3/b17-16+,24-19+/t23-,26+,27-,29-,31+/m0/s1. The first-order valence-corrected chi connectivity index (χ1v) is 20.4. The number of ether oxygens (including phenoxy) is 2. The molecule has 0 unspecified atom stereocenters. The van der Waals surface area contributed by atoms with Crippen LogP contribution in [0.5, 0.6) is 0 Å². The summed E-state index contributed by atoms with van der Waals surface area (Å²) >= 11 is 0. The number of allylic oxidation sites excluding steroid dienone is 1. The monoisotopic (exact) mass is 596 g/mol. The smallest absolute Gasteiger partial charge is 0.308 e. The van der Waals surface area contributed by atoms with Gasteiger partial charge in [0.05, 0.1) is 18.1 Å². The van der Waals surface area contributed by atoms with Crippen LogP contribution in [0.4, 0.5) is 0 Å². The van der Waals surface area contributed by atoms with Crippen LogP contribution >= 0.6 is 0 Å². The van der Waals surface area contributed by atoms with Crippen LogP contribution in [0.3, 0.4) is 0 Å². The minimum Gasteiger partial charge on any atom is -0.457 e. The molecule has 0 radical (unpaired) electrons. The van der Waals surface area contributed by atoms with E-state index in [1.807, 2.05) is 26.0 Å². The first-order valence-electron chi connectivity index (χ1n) is 14.9. The third-order valence-corrected chi connectivity index (χ3v) is 18.3.